The van der Waals surface area contributed by atoms with Gasteiger partial charge in [-0.05, 0) is 24.0 Å². The number of hydrogen-bond acceptors (Lipinski definition) is 3. The Morgan fingerprint density at radius 2 is 1.52 bits per heavy atom. The summed E-state index contributed by atoms with van der Waals surface area (Å²) in [6.45, 7) is 3.20. The van der Waals surface area contributed by atoms with Crippen LogP contribution in [0, 0.1) is 0 Å². The Hall–Kier alpha value is -1.35. The fourth-order valence-electron chi connectivity index (χ4n) is 3.49. The summed E-state index contributed by atoms with van der Waals surface area (Å²) in [6, 6.07) is 8.91. The summed E-state index contributed by atoms with van der Waals surface area (Å²) in [4.78, 5) is 4.49. The molecular formula is C22H37N3. The average molecular weight is 344 g/mol. The second-order valence-corrected chi connectivity index (χ2v) is 7.40. The van der Waals surface area contributed by atoms with E-state index in [4.69, 9.17) is 5.73 Å². The number of rotatable bonds is 12. The van der Waals surface area contributed by atoms with Gasteiger partial charge < -0.3 is 5.73 Å². The lowest BCUT2D eigenvalue weighted by molar-refractivity contribution is 0.539. The van der Waals surface area contributed by atoms with E-state index in [0.29, 0.717) is 0 Å². The molecule has 3 heteroatoms. The first-order valence-electron chi connectivity index (χ1n) is 10.4. The van der Waals surface area contributed by atoms with E-state index in [0.717, 1.165) is 18.8 Å². The number of unbranched alkanes of at least 4 members (excludes halogenated alkanes) is 9. The molecule has 0 aliphatic carbocycles. The van der Waals surface area contributed by atoms with Crippen molar-refractivity contribution >= 4 is 5.84 Å². The minimum atomic E-state index is 0.0418. The van der Waals surface area contributed by atoms with Crippen molar-refractivity contribution in [1.29, 1.82) is 0 Å². The highest BCUT2D eigenvalue weighted by Crippen LogP contribution is 2.19. The van der Waals surface area contributed by atoms with Gasteiger partial charge in [-0.25, -0.2) is 4.99 Å². The molecule has 0 fully saturated rings. The van der Waals surface area contributed by atoms with E-state index in [1.807, 2.05) is 0 Å². The highest BCUT2D eigenvalue weighted by atomic mass is 15.1. The van der Waals surface area contributed by atoms with Crippen LogP contribution in [0.1, 0.15) is 94.8 Å². The number of amidine groups is 1. The number of nitrogens with zero attached hydrogens (tertiary/aromatic N) is 1. The van der Waals surface area contributed by atoms with Crippen LogP contribution in [0.4, 0.5) is 0 Å². The molecule has 140 valence electrons. The predicted octanol–water partition coefficient (Wildman–Crippen LogP) is 5.50. The molecule has 1 unspecified atom stereocenters. The Morgan fingerprint density at radius 3 is 2.12 bits per heavy atom. The molecule has 0 radical (unpaired) electrons. The third-order valence-corrected chi connectivity index (χ3v) is 5.13. The molecule has 1 heterocycles. The number of nitrogens with one attached hydrogen (secondary N) is 1. The van der Waals surface area contributed by atoms with Crippen molar-refractivity contribution in [2.24, 2.45) is 10.7 Å². The Labute approximate surface area is 154 Å². The van der Waals surface area contributed by atoms with E-state index in [1.165, 1.54) is 81.8 Å². The Kier molecular flexibility index (Phi) is 9.65. The molecule has 1 aromatic carbocycles. The van der Waals surface area contributed by atoms with Gasteiger partial charge in [0.1, 0.15) is 6.17 Å². The molecule has 3 N–H and O–H groups in total. The van der Waals surface area contributed by atoms with Gasteiger partial charge in [0.05, 0.1) is 5.84 Å². The summed E-state index contributed by atoms with van der Waals surface area (Å²) in [7, 11) is 0. The van der Waals surface area contributed by atoms with Gasteiger partial charge in [0, 0.05) is 13.0 Å². The smallest absolute Gasteiger partial charge is 0.127 e. The lowest BCUT2D eigenvalue weighted by atomic mass is 10.0. The van der Waals surface area contributed by atoms with Gasteiger partial charge in [0.15, 0.2) is 0 Å². The number of nitrogens with two attached hydrogens (primary N) is 1. The van der Waals surface area contributed by atoms with E-state index in [-0.39, 0.29) is 6.17 Å². The van der Waals surface area contributed by atoms with Crippen LogP contribution in [0.2, 0.25) is 0 Å². The molecule has 1 aliphatic rings. The zero-order chi connectivity index (χ0) is 17.7. The largest absolute Gasteiger partial charge is 0.387 e. The lowest BCUT2D eigenvalue weighted by Crippen LogP contribution is -2.32. The minimum Gasteiger partial charge on any atom is -0.387 e. The van der Waals surface area contributed by atoms with E-state index >= 15 is 0 Å². The van der Waals surface area contributed by atoms with Gasteiger partial charge in [0.25, 0.3) is 0 Å². The number of aliphatic imine (C=N–C) groups is 1. The predicted molar refractivity (Wildman–Crippen MR) is 109 cm³/mol. The van der Waals surface area contributed by atoms with E-state index in [2.05, 4.69) is 41.5 Å². The summed E-state index contributed by atoms with van der Waals surface area (Å²) in [6.07, 6.45) is 16.1. The molecule has 1 aliphatic heterocycles. The molecule has 0 spiro atoms. The zero-order valence-corrected chi connectivity index (χ0v) is 16.1. The molecule has 0 saturated heterocycles. The summed E-state index contributed by atoms with van der Waals surface area (Å²) in [5.41, 5.74) is 8.51. The van der Waals surface area contributed by atoms with Crippen LogP contribution >= 0.6 is 0 Å². The van der Waals surface area contributed by atoms with Crippen molar-refractivity contribution in [2.75, 3.05) is 6.54 Å². The second kappa shape index (κ2) is 12.1. The first-order chi connectivity index (χ1) is 12.3. The lowest BCUT2D eigenvalue weighted by Gasteiger charge is -2.20. The topological polar surface area (TPSA) is 50.4 Å². The highest BCUT2D eigenvalue weighted by Gasteiger charge is 2.13. The van der Waals surface area contributed by atoms with Crippen molar-refractivity contribution in [2.45, 2.75) is 90.1 Å². The quantitative estimate of drug-likeness (QED) is 0.492. The van der Waals surface area contributed by atoms with Crippen LogP contribution in [0.3, 0.4) is 0 Å². The van der Waals surface area contributed by atoms with Crippen molar-refractivity contribution < 1.29 is 0 Å². The molecule has 0 aromatic heterocycles. The van der Waals surface area contributed by atoms with Crippen molar-refractivity contribution in [3.63, 3.8) is 0 Å². The summed E-state index contributed by atoms with van der Waals surface area (Å²) in [5, 5.41) is 3.41. The fraction of sp³-hybridized carbons (Fsp3) is 0.682. The zero-order valence-electron chi connectivity index (χ0n) is 16.1. The molecule has 1 atom stereocenters. The van der Waals surface area contributed by atoms with Gasteiger partial charge in [-0.3, -0.25) is 5.32 Å². The third-order valence-electron chi connectivity index (χ3n) is 5.13. The Balaban J connectivity index is 1.55. The molecule has 3 nitrogen and oxygen atoms in total. The van der Waals surface area contributed by atoms with E-state index in [9.17, 15) is 0 Å². The van der Waals surface area contributed by atoms with Crippen LogP contribution < -0.4 is 11.1 Å². The van der Waals surface area contributed by atoms with Crippen LogP contribution in [0.5, 0.6) is 0 Å². The second-order valence-electron chi connectivity index (χ2n) is 7.40. The van der Waals surface area contributed by atoms with Crippen molar-refractivity contribution in [3.8, 4) is 0 Å². The fourth-order valence-corrected chi connectivity index (χ4v) is 3.49. The normalized spacial score (nSPS) is 17.5. The molecule has 0 saturated carbocycles. The Morgan fingerprint density at radius 1 is 0.920 bits per heavy atom. The van der Waals surface area contributed by atoms with Gasteiger partial charge in [-0.15, -0.1) is 0 Å². The van der Waals surface area contributed by atoms with Crippen LogP contribution in [-0.4, -0.2) is 12.4 Å². The molecular weight excluding hydrogens is 306 g/mol. The average Bonchev–Trinajstić information content (AvgIpc) is 2.64. The summed E-state index contributed by atoms with van der Waals surface area (Å²) >= 11 is 0. The number of hydrogen-bond donors (Lipinski definition) is 2. The molecule has 25 heavy (non-hydrogen) atoms. The monoisotopic (exact) mass is 343 g/mol. The SMILES string of the molecule is CCCCCCCCCCCCc1ccc(C2N=C(N)CCN2)cc1. The molecule has 0 bridgehead atoms. The molecule has 2 rings (SSSR count). The van der Waals surface area contributed by atoms with Crippen LogP contribution in [0.25, 0.3) is 0 Å². The molecule has 1 aromatic rings. The first kappa shape index (κ1) is 20.0. The third kappa shape index (κ3) is 8.04. The maximum Gasteiger partial charge on any atom is 0.127 e. The summed E-state index contributed by atoms with van der Waals surface area (Å²) < 4.78 is 0. The van der Waals surface area contributed by atoms with Gasteiger partial charge in [-0.1, -0.05) is 89.0 Å². The first-order valence-corrected chi connectivity index (χ1v) is 10.4. The van der Waals surface area contributed by atoms with Crippen LogP contribution in [-0.2, 0) is 6.42 Å². The Bertz CT molecular complexity index is 492. The van der Waals surface area contributed by atoms with Crippen molar-refractivity contribution in [3.05, 3.63) is 35.4 Å². The van der Waals surface area contributed by atoms with E-state index < -0.39 is 0 Å². The maximum atomic E-state index is 5.85. The summed E-state index contributed by atoms with van der Waals surface area (Å²) in [5.74, 6) is 0.762. The molecule has 0 amide bonds. The van der Waals surface area contributed by atoms with Crippen LogP contribution in [0.15, 0.2) is 29.3 Å². The standard InChI is InChI=1S/C22H37N3/c1-2-3-4-5-6-7-8-9-10-11-12-19-13-15-20(16-14-19)22-24-18-17-21(23)25-22/h13-16,22,24H,2-12,17-18H2,1H3,(H2,23,25). The van der Waals surface area contributed by atoms with Gasteiger partial charge in [0.2, 0.25) is 0 Å². The number of benzene rings is 1. The van der Waals surface area contributed by atoms with Gasteiger partial charge >= 0.3 is 0 Å². The maximum absolute atomic E-state index is 5.85. The van der Waals surface area contributed by atoms with Gasteiger partial charge in [-0.2, -0.15) is 0 Å². The van der Waals surface area contributed by atoms with E-state index in [1.54, 1.807) is 0 Å². The van der Waals surface area contributed by atoms with Crippen molar-refractivity contribution in [1.82, 2.24) is 5.32 Å². The number of aryl methyl sites for hydroxylation is 1. The highest BCUT2D eigenvalue weighted by molar-refractivity contribution is 5.81. The minimum absolute atomic E-state index is 0.0418.